The number of anilines is 1. The molecule has 0 aliphatic carbocycles. The van der Waals surface area contributed by atoms with Gasteiger partial charge in [0.25, 0.3) is 0 Å². The molecule has 1 aromatic heterocycles. The molecular weight excluding hydrogens is 372 g/mol. The number of aromatic nitrogens is 2. The summed E-state index contributed by atoms with van der Waals surface area (Å²) in [5.41, 5.74) is 1.63. The van der Waals surface area contributed by atoms with Gasteiger partial charge in [0, 0.05) is 36.0 Å². The van der Waals surface area contributed by atoms with Gasteiger partial charge >= 0.3 is 0 Å². The van der Waals surface area contributed by atoms with Crippen molar-refractivity contribution < 1.29 is 4.79 Å². The molecule has 30 heavy (non-hydrogen) atoms. The topological polar surface area (TPSA) is 58.1 Å². The Labute approximate surface area is 178 Å². The van der Waals surface area contributed by atoms with Gasteiger partial charge in [-0.05, 0) is 30.9 Å². The highest BCUT2D eigenvalue weighted by Gasteiger charge is 2.26. The molecule has 0 spiro atoms. The van der Waals surface area contributed by atoms with E-state index in [0.29, 0.717) is 12.5 Å². The zero-order valence-corrected chi connectivity index (χ0v) is 18.1. The van der Waals surface area contributed by atoms with E-state index in [1.807, 2.05) is 51.1 Å². The fraction of sp³-hybridized carbons (Fsp3) is 0.400. The molecule has 2 aromatic carbocycles. The summed E-state index contributed by atoms with van der Waals surface area (Å²) in [6.07, 6.45) is 2.21. The summed E-state index contributed by atoms with van der Waals surface area (Å²) in [6.45, 7) is 8.43. The van der Waals surface area contributed by atoms with Crippen molar-refractivity contribution in [2.45, 2.75) is 33.6 Å². The molecule has 0 radical (unpaired) electrons. The number of piperidine rings is 1. The lowest BCUT2D eigenvalue weighted by Crippen LogP contribution is -2.43. The molecule has 5 heteroatoms. The van der Waals surface area contributed by atoms with Gasteiger partial charge in [0.1, 0.15) is 5.82 Å². The highest BCUT2D eigenvalue weighted by atomic mass is 16.2. The van der Waals surface area contributed by atoms with Crippen molar-refractivity contribution in [3.8, 4) is 11.4 Å². The first-order valence-electron chi connectivity index (χ1n) is 10.8. The van der Waals surface area contributed by atoms with E-state index >= 15 is 0 Å². The summed E-state index contributed by atoms with van der Waals surface area (Å²) in [6, 6.07) is 18.4. The second-order valence-corrected chi connectivity index (χ2v) is 9.17. The zero-order chi connectivity index (χ0) is 21.1. The van der Waals surface area contributed by atoms with Crippen LogP contribution in [-0.2, 0) is 4.79 Å². The number of nitrogens with zero attached hydrogens (tertiary/aromatic N) is 3. The number of amides is 1. The monoisotopic (exact) mass is 402 g/mol. The van der Waals surface area contributed by atoms with Gasteiger partial charge in [-0.3, -0.25) is 4.79 Å². The largest absolute Gasteiger partial charge is 0.356 e. The van der Waals surface area contributed by atoms with Gasteiger partial charge in [-0.2, -0.15) is 0 Å². The summed E-state index contributed by atoms with van der Waals surface area (Å²) >= 11 is 0. The van der Waals surface area contributed by atoms with Crippen molar-refractivity contribution in [1.82, 2.24) is 15.3 Å². The van der Waals surface area contributed by atoms with Crippen molar-refractivity contribution >= 4 is 22.6 Å². The van der Waals surface area contributed by atoms with E-state index in [1.165, 1.54) is 0 Å². The maximum Gasteiger partial charge on any atom is 0.225 e. The second-order valence-electron chi connectivity index (χ2n) is 9.17. The molecule has 156 valence electrons. The number of fused-ring (bicyclic) bond motifs is 1. The van der Waals surface area contributed by atoms with Crippen LogP contribution in [0.5, 0.6) is 0 Å². The third-order valence-corrected chi connectivity index (χ3v) is 5.67. The first-order chi connectivity index (χ1) is 14.4. The normalized spacial score (nSPS) is 17.2. The molecule has 3 aromatic rings. The van der Waals surface area contributed by atoms with E-state index in [-0.39, 0.29) is 11.3 Å². The maximum atomic E-state index is 12.3. The van der Waals surface area contributed by atoms with Crippen molar-refractivity contribution in [3.05, 3.63) is 54.6 Å². The van der Waals surface area contributed by atoms with Crippen LogP contribution < -0.4 is 10.2 Å². The lowest BCUT2D eigenvalue weighted by Gasteiger charge is -2.34. The van der Waals surface area contributed by atoms with Gasteiger partial charge in [0.2, 0.25) is 5.91 Å². The minimum absolute atomic E-state index is 0.110. The molecule has 1 saturated heterocycles. The Bertz CT molecular complexity index is 1030. The minimum Gasteiger partial charge on any atom is -0.356 e. The predicted octanol–water partition coefficient (Wildman–Crippen LogP) is 4.68. The average Bonchev–Trinajstić information content (AvgIpc) is 2.77. The molecule has 1 fully saturated rings. The van der Waals surface area contributed by atoms with Crippen LogP contribution in [0.4, 0.5) is 5.82 Å². The second kappa shape index (κ2) is 8.42. The van der Waals surface area contributed by atoms with Crippen LogP contribution in [0.2, 0.25) is 0 Å². The van der Waals surface area contributed by atoms with Crippen molar-refractivity contribution in [2.24, 2.45) is 11.3 Å². The van der Waals surface area contributed by atoms with E-state index in [1.54, 1.807) is 0 Å². The van der Waals surface area contributed by atoms with Gasteiger partial charge < -0.3 is 10.2 Å². The van der Waals surface area contributed by atoms with Crippen LogP contribution in [0, 0.1) is 11.3 Å². The van der Waals surface area contributed by atoms with Crippen molar-refractivity contribution in [1.29, 1.82) is 0 Å². The Balaban J connectivity index is 1.61. The molecule has 1 unspecified atom stereocenters. The molecule has 5 nitrogen and oxygen atoms in total. The number of para-hydroxylation sites is 1. The molecule has 1 N–H and O–H groups in total. The third kappa shape index (κ3) is 4.45. The number of nitrogens with one attached hydrogen (secondary N) is 1. The maximum absolute atomic E-state index is 12.3. The molecule has 1 aliphatic rings. The van der Waals surface area contributed by atoms with Crippen LogP contribution in [-0.4, -0.2) is 35.5 Å². The zero-order valence-electron chi connectivity index (χ0n) is 18.1. The SMILES string of the molecule is CC(C)(C)C(=O)NCC1CCCN(c2nc(-c3ccccc3)nc3ccccc23)C1. The van der Waals surface area contributed by atoms with Crippen LogP contribution in [0.3, 0.4) is 0 Å². The highest BCUT2D eigenvalue weighted by molar-refractivity contribution is 5.91. The number of carbonyl (C=O) groups is 1. The lowest BCUT2D eigenvalue weighted by molar-refractivity contribution is -0.128. The van der Waals surface area contributed by atoms with E-state index in [4.69, 9.17) is 9.97 Å². The van der Waals surface area contributed by atoms with E-state index < -0.39 is 0 Å². The Kier molecular flexibility index (Phi) is 5.71. The molecule has 1 amide bonds. The highest BCUT2D eigenvalue weighted by Crippen LogP contribution is 2.30. The van der Waals surface area contributed by atoms with Crippen LogP contribution >= 0.6 is 0 Å². The Hall–Kier alpha value is -2.95. The summed E-state index contributed by atoms with van der Waals surface area (Å²) in [4.78, 5) is 24.5. The van der Waals surface area contributed by atoms with Crippen molar-refractivity contribution in [3.63, 3.8) is 0 Å². The quantitative estimate of drug-likeness (QED) is 0.689. The van der Waals surface area contributed by atoms with Crippen LogP contribution in [0.1, 0.15) is 33.6 Å². The molecule has 2 heterocycles. The number of hydrogen-bond acceptors (Lipinski definition) is 4. The van der Waals surface area contributed by atoms with Gasteiger partial charge in [-0.1, -0.05) is 63.2 Å². The first-order valence-corrected chi connectivity index (χ1v) is 10.8. The predicted molar refractivity (Wildman–Crippen MR) is 122 cm³/mol. The smallest absolute Gasteiger partial charge is 0.225 e. The number of rotatable bonds is 4. The molecule has 1 aliphatic heterocycles. The van der Waals surface area contributed by atoms with Crippen LogP contribution in [0.25, 0.3) is 22.3 Å². The van der Waals surface area contributed by atoms with Gasteiger partial charge in [0.05, 0.1) is 5.52 Å². The van der Waals surface area contributed by atoms with E-state index in [2.05, 4.69) is 34.5 Å². The van der Waals surface area contributed by atoms with Crippen molar-refractivity contribution in [2.75, 3.05) is 24.5 Å². The molecule has 4 rings (SSSR count). The van der Waals surface area contributed by atoms with Gasteiger partial charge in [-0.25, -0.2) is 9.97 Å². The lowest BCUT2D eigenvalue weighted by atomic mass is 9.94. The fourth-order valence-corrected chi connectivity index (χ4v) is 3.94. The Morgan fingerprint density at radius 1 is 1.07 bits per heavy atom. The van der Waals surface area contributed by atoms with E-state index in [9.17, 15) is 4.79 Å². The fourth-order valence-electron chi connectivity index (χ4n) is 3.94. The molecule has 1 atom stereocenters. The molecule has 0 bridgehead atoms. The minimum atomic E-state index is -0.359. The molecule has 0 saturated carbocycles. The number of hydrogen-bond donors (Lipinski definition) is 1. The first kappa shape index (κ1) is 20.3. The molecular formula is C25H30N4O. The summed E-state index contributed by atoms with van der Waals surface area (Å²) in [5, 5.41) is 4.22. The number of carbonyl (C=O) groups excluding carboxylic acids is 1. The van der Waals surface area contributed by atoms with Gasteiger partial charge in [-0.15, -0.1) is 0 Å². The van der Waals surface area contributed by atoms with Gasteiger partial charge in [0.15, 0.2) is 5.82 Å². The summed E-state index contributed by atoms with van der Waals surface area (Å²) in [7, 11) is 0. The third-order valence-electron chi connectivity index (χ3n) is 5.67. The van der Waals surface area contributed by atoms with Crippen LogP contribution in [0.15, 0.2) is 54.6 Å². The average molecular weight is 403 g/mol. The number of benzene rings is 2. The Morgan fingerprint density at radius 3 is 2.57 bits per heavy atom. The Morgan fingerprint density at radius 2 is 1.80 bits per heavy atom. The standard InChI is InChI=1S/C25H30N4O/c1-25(2,3)24(30)26-16-18-10-9-15-29(17-18)23-20-13-7-8-14-21(20)27-22(28-23)19-11-5-4-6-12-19/h4-8,11-14,18H,9-10,15-17H2,1-3H3,(H,26,30). The summed E-state index contributed by atoms with van der Waals surface area (Å²) < 4.78 is 0. The van der Waals surface area contributed by atoms with E-state index in [0.717, 1.165) is 54.0 Å². The summed E-state index contributed by atoms with van der Waals surface area (Å²) in [5.74, 6) is 2.27.